The first-order valence-electron chi connectivity index (χ1n) is 11.0. The van der Waals surface area contributed by atoms with Gasteiger partial charge in [0.2, 0.25) is 5.91 Å². The van der Waals surface area contributed by atoms with E-state index in [1.165, 1.54) is 23.9 Å². The summed E-state index contributed by atoms with van der Waals surface area (Å²) >= 11 is 1.29. The van der Waals surface area contributed by atoms with Crippen LogP contribution in [0, 0.1) is 17.1 Å². The van der Waals surface area contributed by atoms with Crippen LogP contribution in [0.4, 0.5) is 10.1 Å². The molecule has 1 amide bonds. The topological polar surface area (TPSA) is 96.1 Å². The van der Waals surface area contributed by atoms with Gasteiger partial charge in [-0.05, 0) is 43.3 Å². The maximum atomic E-state index is 13.5. The minimum absolute atomic E-state index is 0.237. The summed E-state index contributed by atoms with van der Waals surface area (Å²) in [6.45, 7) is 6.30. The van der Waals surface area contributed by atoms with Crippen molar-refractivity contribution in [2.75, 3.05) is 38.2 Å². The second-order valence-corrected chi connectivity index (χ2v) is 9.13. The van der Waals surface area contributed by atoms with Crippen molar-refractivity contribution in [3.63, 3.8) is 0 Å². The van der Waals surface area contributed by atoms with E-state index in [4.69, 9.17) is 4.74 Å². The number of thioether (sulfide) groups is 1. The van der Waals surface area contributed by atoms with Gasteiger partial charge in [-0.15, -0.1) is 10.2 Å². The average Bonchev–Trinajstić information content (AvgIpc) is 3.26. The first-order chi connectivity index (χ1) is 16.5. The summed E-state index contributed by atoms with van der Waals surface area (Å²) < 4.78 is 20.9. The van der Waals surface area contributed by atoms with Crippen LogP contribution in [0.5, 0.6) is 0 Å². The molecule has 10 heteroatoms. The molecular formula is C24H25FN6O2S. The van der Waals surface area contributed by atoms with Crippen molar-refractivity contribution in [3.8, 4) is 17.5 Å². The molecule has 1 unspecified atom stereocenters. The molecule has 0 aliphatic carbocycles. The molecule has 1 atom stereocenters. The number of hydrogen-bond acceptors (Lipinski definition) is 7. The number of carbonyl (C=O) groups excluding carboxylic acids is 1. The Hall–Kier alpha value is -3.26. The molecule has 176 valence electrons. The molecule has 8 nitrogen and oxygen atoms in total. The molecular weight excluding hydrogens is 455 g/mol. The van der Waals surface area contributed by atoms with Crippen LogP contribution >= 0.6 is 11.8 Å². The number of halogens is 1. The Labute approximate surface area is 201 Å². The van der Waals surface area contributed by atoms with Crippen molar-refractivity contribution in [2.45, 2.75) is 23.9 Å². The van der Waals surface area contributed by atoms with Crippen LogP contribution in [-0.4, -0.2) is 63.7 Å². The third-order valence-electron chi connectivity index (χ3n) is 5.52. The summed E-state index contributed by atoms with van der Waals surface area (Å²) in [6, 6.07) is 15.1. The SMILES string of the molecule is CC(Sc1nnc(-c2ccc(F)cc2)n1CCN1CCOCC1)C(=O)Nc1ccccc1C#N. The van der Waals surface area contributed by atoms with E-state index in [2.05, 4.69) is 26.5 Å². The molecule has 4 rings (SSSR count). The lowest BCUT2D eigenvalue weighted by atomic mass is 10.2. The van der Waals surface area contributed by atoms with E-state index in [1.807, 2.05) is 4.57 Å². The highest BCUT2D eigenvalue weighted by atomic mass is 32.2. The van der Waals surface area contributed by atoms with Crippen LogP contribution in [0.1, 0.15) is 12.5 Å². The van der Waals surface area contributed by atoms with Gasteiger partial charge < -0.3 is 14.6 Å². The van der Waals surface area contributed by atoms with Crippen molar-refractivity contribution in [1.82, 2.24) is 19.7 Å². The fraction of sp³-hybridized carbons (Fsp3) is 0.333. The standard InChI is InChI=1S/C24H25FN6O2S/c1-17(23(32)27-21-5-3-2-4-19(21)16-26)34-24-29-28-22(18-6-8-20(25)9-7-18)31(24)11-10-30-12-14-33-15-13-30/h2-9,17H,10-15H2,1H3,(H,27,32). The van der Waals surface area contributed by atoms with Gasteiger partial charge in [-0.2, -0.15) is 5.26 Å². The molecule has 1 aromatic heterocycles. The fourth-order valence-electron chi connectivity index (χ4n) is 3.59. The van der Waals surface area contributed by atoms with E-state index in [9.17, 15) is 14.4 Å². The normalized spacial score (nSPS) is 15.0. The number of aromatic nitrogens is 3. The van der Waals surface area contributed by atoms with E-state index >= 15 is 0 Å². The summed E-state index contributed by atoms with van der Waals surface area (Å²) in [5.41, 5.74) is 1.63. The van der Waals surface area contributed by atoms with Crippen molar-refractivity contribution >= 4 is 23.4 Å². The van der Waals surface area contributed by atoms with E-state index in [0.717, 1.165) is 25.2 Å². The molecule has 1 fully saturated rings. The summed E-state index contributed by atoms with van der Waals surface area (Å²) in [7, 11) is 0. The molecule has 1 aliphatic heterocycles. The Balaban J connectivity index is 1.53. The molecule has 0 radical (unpaired) electrons. The molecule has 2 heterocycles. The van der Waals surface area contributed by atoms with E-state index in [-0.39, 0.29) is 11.7 Å². The Morgan fingerprint density at radius 2 is 1.91 bits per heavy atom. The van der Waals surface area contributed by atoms with Crippen molar-refractivity contribution < 1.29 is 13.9 Å². The number of carbonyl (C=O) groups is 1. The van der Waals surface area contributed by atoms with E-state index < -0.39 is 5.25 Å². The lowest BCUT2D eigenvalue weighted by Crippen LogP contribution is -2.38. The number of nitrogens with zero attached hydrogens (tertiary/aromatic N) is 5. The Morgan fingerprint density at radius 3 is 2.65 bits per heavy atom. The Morgan fingerprint density at radius 1 is 1.18 bits per heavy atom. The van der Waals surface area contributed by atoms with Gasteiger partial charge in [-0.3, -0.25) is 9.69 Å². The number of para-hydroxylation sites is 1. The van der Waals surface area contributed by atoms with Crippen LogP contribution in [0.15, 0.2) is 53.7 Å². The average molecular weight is 481 g/mol. The molecule has 34 heavy (non-hydrogen) atoms. The number of ether oxygens (including phenoxy) is 1. The third kappa shape index (κ3) is 5.80. The van der Waals surface area contributed by atoms with Crippen LogP contribution in [0.2, 0.25) is 0 Å². The van der Waals surface area contributed by atoms with Gasteiger partial charge >= 0.3 is 0 Å². The number of hydrogen-bond donors (Lipinski definition) is 1. The number of nitrogens with one attached hydrogen (secondary N) is 1. The zero-order valence-corrected chi connectivity index (χ0v) is 19.6. The highest BCUT2D eigenvalue weighted by Gasteiger charge is 2.22. The van der Waals surface area contributed by atoms with Crippen molar-refractivity contribution in [3.05, 3.63) is 59.9 Å². The van der Waals surface area contributed by atoms with Crippen LogP contribution in [0.25, 0.3) is 11.4 Å². The maximum Gasteiger partial charge on any atom is 0.237 e. The summed E-state index contributed by atoms with van der Waals surface area (Å²) in [6.07, 6.45) is 0. The zero-order valence-electron chi connectivity index (χ0n) is 18.8. The van der Waals surface area contributed by atoms with Crippen molar-refractivity contribution in [1.29, 1.82) is 5.26 Å². The van der Waals surface area contributed by atoms with Gasteiger partial charge in [-0.1, -0.05) is 23.9 Å². The number of anilines is 1. The number of rotatable bonds is 8. The highest BCUT2D eigenvalue weighted by molar-refractivity contribution is 8.00. The molecule has 0 bridgehead atoms. The predicted molar refractivity (Wildman–Crippen MR) is 128 cm³/mol. The first kappa shape index (κ1) is 23.9. The molecule has 1 saturated heterocycles. The van der Waals surface area contributed by atoms with Crippen molar-refractivity contribution in [2.24, 2.45) is 0 Å². The Kier molecular flexibility index (Phi) is 7.90. The van der Waals surface area contributed by atoms with Gasteiger partial charge in [0.15, 0.2) is 11.0 Å². The Bertz CT molecular complexity index is 1170. The summed E-state index contributed by atoms with van der Waals surface area (Å²) in [5, 5.41) is 20.9. The molecule has 0 saturated carbocycles. The van der Waals surface area contributed by atoms with Gasteiger partial charge in [0, 0.05) is 31.7 Å². The summed E-state index contributed by atoms with van der Waals surface area (Å²) in [5.74, 6) is 0.0672. The number of nitriles is 1. The molecule has 1 N–H and O–H groups in total. The zero-order chi connectivity index (χ0) is 23.9. The summed E-state index contributed by atoms with van der Waals surface area (Å²) in [4.78, 5) is 15.2. The van der Waals surface area contributed by atoms with Gasteiger partial charge in [0.25, 0.3) is 0 Å². The maximum absolute atomic E-state index is 13.5. The lowest BCUT2D eigenvalue weighted by molar-refractivity contribution is -0.115. The fourth-order valence-corrected chi connectivity index (χ4v) is 4.47. The number of amides is 1. The molecule has 0 spiro atoms. The minimum Gasteiger partial charge on any atom is -0.379 e. The highest BCUT2D eigenvalue weighted by Crippen LogP contribution is 2.28. The second kappa shape index (κ2) is 11.2. The van der Waals surface area contributed by atoms with Crippen LogP contribution in [-0.2, 0) is 16.1 Å². The van der Waals surface area contributed by atoms with E-state index in [1.54, 1.807) is 43.3 Å². The van der Waals surface area contributed by atoms with Gasteiger partial charge in [0.05, 0.1) is 29.7 Å². The predicted octanol–water partition coefficient (Wildman–Crippen LogP) is 3.41. The first-order valence-corrected chi connectivity index (χ1v) is 11.9. The molecule has 1 aliphatic rings. The van der Waals surface area contributed by atoms with Gasteiger partial charge in [-0.25, -0.2) is 4.39 Å². The monoisotopic (exact) mass is 480 g/mol. The quantitative estimate of drug-likeness (QED) is 0.494. The van der Waals surface area contributed by atoms with Gasteiger partial charge in [0.1, 0.15) is 11.9 Å². The third-order valence-corrected chi connectivity index (χ3v) is 6.60. The minimum atomic E-state index is -0.487. The second-order valence-electron chi connectivity index (χ2n) is 7.83. The largest absolute Gasteiger partial charge is 0.379 e. The van der Waals surface area contributed by atoms with Crippen LogP contribution in [0.3, 0.4) is 0 Å². The smallest absolute Gasteiger partial charge is 0.237 e. The molecule has 3 aromatic rings. The number of benzene rings is 2. The number of morpholine rings is 1. The molecule has 2 aromatic carbocycles. The van der Waals surface area contributed by atoms with Crippen LogP contribution < -0.4 is 5.32 Å². The van der Waals surface area contributed by atoms with E-state index in [0.29, 0.717) is 42.0 Å². The lowest BCUT2D eigenvalue weighted by Gasteiger charge is -2.27.